The molecule has 1 fully saturated rings. The van der Waals surface area contributed by atoms with Gasteiger partial charge in [-0.2, -0.15) is 18.3 Å². The van der Waals surface area contributed by atoms with Crippen LogP contribution in [0.1, 0.15) is 24.4 Å². The van der Waals surface area contributed by atoms with Gasteiger partial charge in [0.2, 0.25) is 5.91 Å². The zero-order valence-corrected chi connectivity index (χ0v) is 17.5. The molecule has 0 saturated carbocycles. The summed E-state index contributed by atoms with van der Waals surface area (Å²) >= 11 is 0. The summed E-state index contributed by atoms with van der Waals surface area (Å²) in [6.45, 7) is 1.45. The van der Waals surface area contributed by atoms with E-state index in [1.54, 1.807) is 0 Å². The van der Waals surface area contributed by atoms with Gasteiger partial charge in [-0.25, -0.2) is 4.79 Å². The zero-order chi connectivity index (χ0) is 24.0. The third-order valence-corrected chi connectivity index (χ3v) is 5.28. The minimum Gasteiger partial charge on any atom is -0.475 e. The number of hydrogen-bond donors (Lipinski definition) is 4. The van der Waals surface area contributed by atoms with E-state index in [-0.39, 0.29) is 5.91 Å². The number of carboxylic acids is 1. The number of hydrogen-bond acceptors (Lipinski definition) is 5. The molecule has 33 heavy (non-hydrogen) atoms. The van der Waals surface area contributed by atoms with Gasteiger partial charge in [-0.1, -0.05) is 30.3 Å². The van der Waals surface area contributed by atoms with Gasteiger partial charge >= 0.3 is 12.1 Å². The van der Waals surface area contributed by atoms with Crippen LogP contribution in [-0.2, 0) is 9.59 Å². The van der Waals surface area contributed by atoms with E-state index in [4.69, 9.17) is 15.6 Å². The Balaban J connectivity index is 0.000000383. The van der Waals surface area contributed by atoms with E-state index in [2.05, 4.69) is 27.6 Å². The first-order valence-electron chi connectivity index (χ1n) is 10.2. The fourth-order valence-electron chi connectivity index (χ4n) is 3.51. The maximum atomic E-state index is 12.7. The molecule has 3 aromatic rings. The Kier molecular flexibility index (Phi) is 7.54. The topological polar surface area (TPSA) is 124 Å². The molecule has 1 atom stereocenters. The number of amides is 1. The van der Waals surface area contributed by atoms with Gasteiger partial charge in [0.1, 0.15) is 6.04 Å². The lowest BCUT2D eigenvalue weighted by Crippen LogP contribution is -2.45. The number of benzene rings is 2. The number of nitrogens with one attached hydrogen (secondary N) is 2. The highest BCUT2D eigenvalue weighted by atomic mass is 19.4. The van der Waals surface area contributed by atoms with E-state index in [1.807, 2.05) is 47.5 Å². The van der Waals surface area contributed by atoms with Crippen LogP contribution in [0.2, 0.25) is 0 Å². The molecule has 0 aliphatic carbocycles. The minimum absolute atomic E-state index is 0.00877. The number of carboxylic acid groups (broad SMARTS) is 1. The first kappa shape index (κ1) is 24.1. The van der Waals surface area contributed by atoms with Crippen LogP contribution in [0.15, 0.2) is 54.7 Å². The molecule has 0 bridgehead atoms. The molecule has 0 radical (unpaired) electrons. The number of aromatic amines is 1. The fourth-order valence-corrected chi connectivity index (χ4v) is 3.51. The smallest absolute Gasteiger partial charge is 0.475 e. The summed E-state index contributed by atoms with van der Waals surface area (Å²) in [4.78, 5) is 23.4. The molecule has 1 saturated heterocycles. The van der Waals surface area contributed by atoms with Gasteiger partial charge in [0.25, 0.3) is 0 Å². The van der Waals surface area contributed by atoms with Crippen LogP contribution in [0, 0.1) is 0 Å². The molecule has 1 amide bonds. The second-order valence-electron chi connectivity index (χ2n) is 7.61. The zero-order valence-electron chi connectivity index (χ0n) is 17.5. The second-order valence-corrected chi connectivity index (χ2v) is 7.61. The first-order valence-corrected chi connectivity index (χ1v) is 10.2. The molecule has 176 valence electrons. The van der Waals surface area contributed by atoms with Gasteiger partial charge < -0.3 is 21.1 Å². The predicted octanol–water partition coefficient (Wildman–Crippen LogP) is 3.30. The molecule has 1 aromatic heterocycles. The number of rotatable bonds is 4. The summed E-state index contributed by atoms with van der Waals surface area (Å²) in [6, 6.07) is 15.5. The quantitative estimate of drug-likeness (QED) is 0.471. The van der Waals surface area contributed by atoms with E-state index in [0.717, 1.165) is 48.1 Å². The van der Waals surface area contributed by atoms with Gasteiger partial charge in [0.05, 0.1) is 11.7 Å². The minimum atomic E-state index is -5.08. The number of aromatic nitrogens is 2. The predicted molar refractivity (Wildman–Crippen MR) is 116 cm³/mol. The number of halogens is 3. The van der Waals surface area contributed by atoms with Crippen LogP contribution in [0.25, 0.3) is 10.9 Å². The Hall–Kier alpha value is -3.60. The average molecular weight is 463 g/mol. The number of carbonyl (C=O) groups is 2. The van der Waals surface area contributed by atoms with Crippen LogP contribution in [0.3, 0.4) is 0 Å². The number of piperidine rings is 1. The molecule has 1 aliphatic rings. The highest BCUT2D eigenvalue weighted by molar-refractivity contribution is 5.83. The van der Waals surface area contributed by atoms with Gasteiger partial charge in [0, 0.05) is 30.2 Å². The second kappa shape index (κ2) is 10.3. The Bertz CT molecular complexity index is 1080. The number of alkyl halides is 3. The standard InChI is InChI=1S/C20H23N5O.C2HF3O2/c21-19(14-4-2-1-3-5-14)20(26)25-10-8-16(9-11-25)23-17-6-7-18-15(12-17)13-22-24-18;3-2(4,5)1(6)7/h1-7,12-13,16,19,23H,8-11,21H2,(H,22,24);(H,6,7)/t19-;/m1./s1. The van der Waals surface area contributed by atoms with Gasteiger partial charge in [-0.05, 0) is 36.6 Å². The summed E-state index contributed by atoms with van der Waals surface area (Å²) in [5.74, 6) is -2.75. The molecule has 1 aliphatic heterocycles. The average Bonchev–Trinajstić information content (AvgIpc) is 3.27. The van der Waals surface area contributed by atoms with Gasteiger partial charge in [-0.3, -0.25) is 9.89 Å². The van der Waals surface area contributed by atoms with Crippen molar-refractivity contribution < 1.29 is 27.9 Å². The Morgan fingerprint density at radius 3 is 2.39 bits per heavy atom. The van der Waals surface area contributed by atoms with Crippen molar-refractivity contribution in [3.63, 3.8) is 0 Å². The van der Waals surface area contributed by atoms with Crippen LogP contribution in [0.5, 0.6) is 0 Å². The lowest BCUT2D eigenvalue weighted by atomic mass is 10.0. The van der Waals surface area contributed by atoms with Crippen molar-refractivity contribution in [1.82, 2.24) is 15.1 Å². The van der Waals surface area contributed by atoms with Crippen LogP contribution >= 0.6 is 0 Å². The van der Waals surface area contributed by atoms with E-state index in [9.17, 15) is 18.0 Å². The normalized spacial score (nSPS) is 15.5. The lowest BCUT2D eigenvalue weighted by Gasteiger charge is -2.34. The highest BCUT2D eigenvalue weighted by Crippen LogP contribution is 2.22. The van der Waals surface area contributed by atoms with Crippen molar-refractivity contribution in [2.24, 2.45) is 5.73 Å². The number of carbonyl (C=O) groups excluding carboxylic acids is 1. The molecule has 0 spiro atoms. The SMILES string of the molecule is N[C@@H](C(=O)N1CCC(Nc2ccc3[nH]ncc3c2)CC1)c1ccccc1.O=C(O)C(F)(F)F. The van der Waals surface area contributed by atoms with Crippen molar-refractivity contribution in [2.75, 3.05) is 18.4 Å². The number of H-pyrrole nitrogens is 1. The number of nitrogens with two attached hydrogens (primary N) is 1. The molecular formula is C22H24F3N5O3. The number of aliphatic carboxylic acids is 1. The van der Waals surface area contributed by atoms with Crippen LogP contribution in [0.4, 0.5) is 18.9 Å². The number of likely N-dealkylation sites (tertiary alicyclic amines) is 1. The third-order valence-electron chi connectivity index (χ3n) is 5.28. The monoisotopic (exact) mass is 463 g/mol. The summed E-state index contributed by atoms with van der Waals surface area (Å²) in [7, 11) is 0. The van der Waals surface area contributed by atoms with E-state index in [0.29, 0.717) is 6.04 Å². The largest absolute Gasteiger partial charge is 0.490 e. The number of fused-ring (bicyclic) bond motifs is 1. The van der Waals surface area contributed by atoms with Crippen molar-refractivity contribution in [2.45, 2.75) is 31.1 Å². The van der Waals surface area contributed by atoms with Crippen molar-refractivity contribution in [3.8, 4) is 0 Å². The maximum absolute atomic E-state index is 12.7. The van der Waals surface area contributed by atoms with Gasteiger partial charge in [-0.15, -0.1) is 0 Å². The van der Waals surface area contributed by atoms with Crippen LogP contribution in [-0.4, -0.2) is 57.4 Å². The summed E-state index contributed by atoms with van der Waals surface area (Å²) < 4.78 is 31.7. The molecule has 5 N–H and O–H groups in total. The summed E-state index contributed by atoms with van der Waals surface area (Å²) in [6.07, 6.45) is -1.43. The molecule has 2 heterocycles. The summed E-state index contributed by atoms with van der Waals surface area (Å²) in [5.41, 5.74) is 9.14. The summed E-state index contributed by atoms with van der Waals surface area (Å²) in [5, 5.41) is 18.8. The molecule has 11 heteroatoms. The first-order chi connectivity index (χ1) is 15.6. The Morgan fingerprint density at radius 1 is 1.15 bits per heavy atom. The van der Waals surface area contributed by atoms with E-state index in [1.165, 1.54) is 0 Å². The molecular weight excluding hydrogens is 439 g/mol. The van der Waals surface area contributed by atoms with E-state index >= 15 is 0 Å². The lowest BCUT2D eigenvalue weighted by molar-refractivity contribution is -0.192. The molecule has 4 rings (SSSR count). The fraction of sp³-hybridized carbons (Fsp3) is 0.318. The van der Waals surface area contributed by atoms with Crippen LogP contribution < -0.4 is 11.1 Å². The maximum Gasteiger partial charge on any atom is 0.490 e. The Morgan fingerprint density at radius 2 is 1.79 bits per heavy atom. The highest BCUT2D eigenvalue weighted by Gasteiger charge is 2.38. The van der Waals surface area contributed by atoms with Crippen molar-refractivity contribution in [3.05, 3.63) is 60.3 Å². The van der Waals surface area contributed by atoms with Crippen molar-refractivity contribution in [1.29, 1.82) is 0 Å². The number of anilines is 1. The number of nitrogens with zero attached hydrogens (tertiary/aromatic N) is 2. The molecule has 8 nitrogen and oxygen atoms in total. The molecule has 2 aromatic carbocycles. The third kappa shape index (κ3) is 6.45. The van der Waals surface area contributed by atoms with Gasteiger partial charge in [0.15, 0.2) is 0 Å². The molecule has 0 unspecified atom stereocenters. The van der Waals surface area contributed by atoms with E-state index < -0.39 is 18.2 Å². The Labute approximate surface area is 187 Å². The van der Waals surface area contributed by atoms with Crippen molar-refractivity contribution >= 4 is 28.5 Å².